The summed E-state index contributed by atoms with van der Waals surface area (Å²) in [5, 5.41) is 1.73. The van der Waals surface area contributed by atoms with E-state index in [1.807, 2.05) is 24.3 Å². The van der Waals surface area contributed by atoms with Crippen LogP contribution in [-0.2, 0) is 9.53 Å². The lowest BCUT2D eigenvalue weighted by atomic mass is 9.90. The number of hydrogen-bond acceptors (Lipinski definition) is 5. The maximum atomic E-state index is 13.4. The Hall–Kier alpha value is -2.62. The van der Waals surface area contributed by atoms with Gasteiger partial charge < -0.3 is 9.64 Å². The van der Waals surface area contributed by atoms with Crippen LogP contribution in [0.25, 0.3) is 11.1 Å². The second-order valence-electron chi connectivity index (χ2n) is 9.28. The van der Waals surface area contributed by atoms with Crippen LogP contribution in [0.5, 0.6) is 0 Å². The number of carbonyl (C=O) groups excluding carboxylic acids is 1. The van der Waals surface area contributed by atoms with Gasteiger partial charge in [0.25, 0.3) is 12.3 Å². The first-order valence-corrected chi connectivity index (χ1v) is 14.4. The number of hydrogen-bond donors (Lipinski definition) is 1. The molecule has 9 heteroatoms. The molecule has 0 spiro atoms. The van der Waals surface area contributed by atoms with Crippen molar-refractivity contribution in [2.45, 2.75) is 38.2 Å². The van der Waals surface area contributed by atoms with E-state index in [0.717, 1.165) is 22.7 Å². The van der Waals surface area contributed by atoms with E-state index in [1.165, 1.54) is 4.90 Å². The van der Waals surface area contributed by atoms with E-state index in [4.69, 9.17) is 4.74 Å². The number of benzene rings is 1. The lowest BCUT2D eigenvalue weighted by Crippen LogP contribution is -2.43. The Morgan fingerprint density at radius 3 is 2.59 bits per heavy atom. The van der Waals surface area contributed by atoms with Gasteiger partial charge in [-0.15, -0.1) is 0 Å². The monoisotopic (exact) mass is 458 g/mol. The quantitative estimate of drug-likeness (QED) is 0.469. The van der Waals surface area contributed by atoms with Crippen molar-refractivity contribution < 1.29 is 18.3 Å². The highest BCUT2D eigenvalue weighted by Crippen LogP contribution is 2.42. The maximum Gasteiger partial charge on any atom is 0.257 e. The van der Waals surface area contributed by atoms with Crippen LogP contribution in [0, 0.1) is 0 Å². The summed E-state index contributed by atoms with van der Waals surface area (Å²) < 4.78 is 32.5. The summed E-state index contributed by atoms with van der Waals surface area (Å²) in [5.74, 6) is -0.410. The van der Waals surface area contributed by atoms with Crippen molar-refractivity contribution in [3.05, 3.63) is 60.1 Å². The summed E-state index contributed by atoms with van der Waals surface area (Å²) in [5.41, 5.74) is 6.78. The van der Waals surface area contributed by atoms with Gasteiger partial charge in [0.2, 0.25) is 0 Å². The number of anilines is 1. The van der Waals surface area contributed by atoms with Crippen molar-refractivity contribution in [3.63, 3.8) is 0 Å². The molecule has 4 rings (SSSR count). The third-order valence-electron chi connectivity index (χ3n) is 5.59. The molecule has 32 heavy (non-hydrogen) atoms. The Labute approximate surface area is 187 Å². The number of nitrogens with zero attached hydrogens (tertiary/aromatic N) is 3. The predicted octanol–water partition coefficient (Wildman–Crippen LogP) is 4.42. The van der Waals surface area contributed by atoms with E-state index in [1.54, 1.807) is 29.7 Å². The minimum absolute atomic E-state index is 0.289. The Kier molecular flexibility index (Phi) is 6.41. The molecule has 2 aliphatic heterocycles. The van der Waals surface area contributed by atoms with Crippen LogP contribution < -0.4 is 10.3 Å². The van der Waals surface area contributed by atoms with Crippen LogP contribution in [0.3, 0.4) is 0 Å². The molecule has 2 aromatic rings. The van der Waals surface area contributed by atoms with Crippen LogP contribution in [0.2, 0.25) is 25.7 Å². The molecule has 3 heterocycles. The van der Waals surface area contributed by atoms with Crippen LogP contribution in [-0.4, -0.2) is 50.3 Å². The Balaban J connectivity index is 1.59. The molecular weight excluding hydrogens is 430 g/mol. The summed E-state index contributed by atoms with van der Waals surface area (Å²) in [4.78, 5) is 18.4. The third-order valence-corrected chi connectivity index (χ3v) is 7.29. The van der Waals surface area contributed by atoms with Crippen LogP contribution >= 0.6 is 0 Å². The number of ether oxygens (including phenoxy) is 1. The molecule has 0 fully saturated rings. The topological polar surface area (TPSA) is 57.7 Å². The van der Waals surface area contributed by atoms with E-state index in [2.05, 4.69) is 30.1 Å². The molecule has 0 aliphatic carbocycles. The zero-order valence-corrected chi connectivity index (χ0v) is 19.5. The number of nitrogens with one attached hydrogen (secondary N) is 1. The van der Waals surface area contributed by atoms with Gasteiger partial charge in [-0.05, 0) is 40.9 Å². The van der Waals surface area contributed by atoms with Gasteiger partial charge in [0.15, 0.2) is 0 Å². The van der Waals surface area contributed by atoms with Crippen LogP contribution in [0.15, 0.2) is 54.5 Å². The lowest BCUT2D eigenvalue weighted by molar-refractivity contribution is -0.116. The highest BCUT2D eigenvalue weighted by atomic mass is 28.3. The van der Waals surface area contributed by atoms with Gasteiger partial charge in [-0.25, -0.2) is 14.2 Å². The zero-order chi connectivity index (χ0) is 22.9. The first kappa shape index (κ1) is 22.6. The maximum absolute atomic E-state index is 13.4. The second-order valence-corrected chi connectivity index (χ2v) is 14.9. The molecule has 1 unspecified atom stereocenters. The van der Waals surface area contributed by atoms with Gasteiger partial charge in [0, 0.05) is 39.0 Å². The van der Waals surface area contributed by atoms with Crippen molar-refractivity contribution >= 4 is 19.7 Å². The number of carbonyl (C=O) groups is 1. The van der Waals surface area contributed by atoms with Crippen molar-refractivity contribution in [3.8, 4) is 11.1 Å². The van der Waals surface area contributed by atoms with Gasteiger partial charge in [0.05, 0.1) is 18.2 Å². The minimum atomic E-state index is -2.64. The highest BCUT2D eigenvalue weighted by Gasteiger charge is 2.41. The van der Waals surface area contributed by atoms with Crippen molar-refractivity contribution in [2.24, 2.45) is 0 Å². The van der Waals surface area contributed by atoms with Crippen molar-refractivity contribution in [2.75, 3.05) is 24.8 Å². The molecule has 2 aliphatic rings. The van der Waals surface area contributed by atoms with E-state index in [-0.39, 0.29) is 6.73 Å². The SMILES string of the molecule is C[Si](C)(C)CCOCN1C=C2C(=O)N(CC(F)F)c3cc(-c4ccncc4)ccc3C2N1. The number of fused-ring (bicyclic) bond motifs is 3. The van der Waals surface area contributed by atoms with Crippen molar-refractivity contribution in [1.82, 2.24) is 15.4 Å². The normalized spacial score (nSPS) is 18.1. The van der Waals surface area contributed by atoms with E-state index in [0.29, 0.717) is 17.9 Å². The summed E-state index contributed by atoms with van der Waals surface area (Å²) in [7, 11) is -1.20. The first-order chi connectivity index (χ1) is 15.2. The highest BCUT2D eigenvalue weighted by molar-refractivity contribution is 6.76. The Morgan fingerprint density at radius 2 is 1.91 bits per heavy atom. The standard InChI is InChI=1S/C23H28F2N4O2Si/c1-32(2,3)11-10-31-15-28-13-19-22(27-28)18-5-4-17(16-6-8-26-9-7-16)12-20(18)29(23(19)30)14-21(24)25/h4-9,12-13,21-22,27H,10-11,14-15H2,1-3H3. The molecule has 0 bridgehead atoms. The molecule has 6 nitrogen and oxygen atoms in total. The zero-order valence-electron chi connectivity index (χ0n) is 18.5. The van der Waals surface area contributed by atoms with Crippen LogP contribution in [0.4, 0.5) is 14.5 Å². The molecule has 1 aromatic heterocycles. The summed E-state index contributed by atoms with van der Waals surface area (Å²) in [6, 6.07) is 10.00. The van der Waals surface area contributed by atoms with Gasteiger partial charge in [-0.1, -0.05) is 31.8 Å². The number of pyridine rings is 1. The van der Waals surface area contributed by atoms with Gasteiger partial charge in [-0.3, -0.25) is 14.8 Å². The van der Waals surface area contributed by atoms with Gasteiger partial charge >= 0.3 is 0 Å². The van der Waals surface area contributed by atoms with Crippen LogP contribution in [0.1, 0.15) is 11.6 Å². The molecule has 1 N–H and O–H groups in total. The molecule has 1 atom stereocenters. The average Bonchev–Trinajstić information content (AvgIpc) is 3.18. The van der Waals surface area contributed by atoms with E-state index < -0.39 is 33.0 Å². The predicted molar refractivity (Wildman–Crippen MR) is 123 cm³/mol. The lowest BCUT2D eigenvalue weighted by Gasteiger charge is -2.34. The van der Waals surface area contributed by atoms with E-state index in [9.17, 15) is 13.6 Å². The van der Waals surface area contributed by atoms with Gasteiger partial charge in [0.1, 0.15) is 6.73 Å². The number of halogens is 2. The number of hydrazine groups is 1. The summed E-state index contributed by atoms with van der Waals surface area (Å²) in [6.45, 7) is 7.15. The first-order valence-electron chi connectivity index (χ1n) is 10.7. The summed E-state index contributed by atoms with van der Waals surface area (Å²) >= 11 is 0. The molecule has 1 aromatic carbocycles. The number of amides is 1. The third kappa shape index (κ3) is 4.90. The Morgan fingerprint density at radius 1 is 1.16 bits per heavy atom. The fourth-order valence-electron chi connectivity index (χ4n) is 3.88. The molecule has 0 saturated carbocycles. The number of rotatable bonds is 8. The fraction of sp³-hybridized carbons (Fsp3) is 0.391. The molecular formula is C23H28F2N4O2Si. The second kappa shape index (κ2) is 9.09. The number of aromatic nitrogens is 1. The molecule has 0 radical (unpaired) electrons. The molecule has 0 saturated heterocycles. The molecule has 1 amide bonds. The average molecular weight is 459 g/mol. The van der Waals surface area contributed by atoms with Gasteiger partial charge in [-0.2, -0.15) is 0 Å². The largest absolute Gasteiger partial charge is 0.360 e. The minimum Gasteiger partial charge on any atom is -0.360 e. The fourth-order valence-corrected chi connectivity index (χ4v) is 4.63. The summed E-state index contributed by atoms with van der Waals surface area (Å²) in [6.07, 6.45) is 2.40. The van der Waals surface area contributed by atoms with Crippen molar-refractivity contribution in [1.29, 1.82) is 0 Å². The number of alkyl halides is 2. The molecule has 170 valence electrons. The smallest absolute Gasteiger partial charge is 0.257 e. The van der Waals surface area contributed by atoms with E-state index >= 15 is 0 Å². The Bertz CT molecular complexity index is 1010.